The summed E-state index contributed by atoms with van der Waals surface area (Å²) < 4.78 is 44.6. The van der Waals surface area contributed by atoms with E-state index in [9.17, 15) is 23.5 Å². The highest BCUT2D eigenvalue weighted by Crippen LogP contribution is 2.44. The third kappa shape index (κ3) is 2.73. The molecule has 2 aliphatic rings. The molecule has 1 aliphatic carbocycles. The molecule has 29 heavy (non-hydrogen) atoms. The van der Waals surface area contributed by atoms with Gasteiger partial charge in [0.05, 0.1) is 34.9 Å². The van der Waals surface area contributed by atoms with Gasteiger partial charge in [-0.2, -0.15) is 0 Å². The number of nitrogens with two attached hydrogens (primary N) is 2. The lowest BCUT2D eigenvalue weighted by Gasteiger charge is -2.25. The van der Waals surface area contributed by atoms with Crippen LogP contribution >= 0.6 is 0 Å². The first-order valence-electron chi connectivity index (χ1n) is 9.00. The first-order valence-corrected chi connectivity index (χ1v) is 9.00. The van der Waals surface area contributed by atoms with Gasteiger partial charge in [-0.1, -0.05) is 0 Å². The number of halogens is 3. The number of hydrogen-bond donors (Lipinski definition) is 3. The number of fused-ring (bicyclic) bond motifs is 1. The molecular formula is C19H19F3N4O3. The van der Waals surface area contributed by atoms with Gasteiger partial charge in [-0.25, -0.2) is 18.0 Å². The predicted molar refractivity (Wildman–Crippen MR) is 102 cm³/mol. The van der Waals surface area contributed by atoms with Crippen molar-refractivity contribution in [2.24, 2.45) is 5.73 Å². The number of aromatic nitrogens is 1. The minimum Gasteiger partial charge on any atom is -0.477 e. The van der Waals surface area contributed by atoms with Gasteiger partial charge >= 0.3 is 5.97 Å². The van der Waals surface area contributed by atoms with Gasteiger partial charge < -0.3 is 26.0 Å². The van der Waals surface area contributed by atoms with Gasteiger partial charge in [-0.3, -0.25) is 4.79 Å². The van der Waals surface area contributed by atoms with Crippen LogP contribution in [0.1, 0.15) is 28.4 Å². The first kappa shape index (κ1) is 19.2. The Morgan fingerprint density at radius 2 is 2.03 bits per heavy atom. The van der Waals surface area contributed by atoms with Crippen molar-refractivity contribution in [3.63, 3.8) is 0 Å². The first-order chi connectivity index (χ1) is 13.7. The summed E-state index contributed by atoms with van der Waals surface area (Å²) in [5.41, 5.74) is 9.91. The average Bonchev–Trinajstić information content (AvgIpc) is 3.27. The predicted octanol–water partition coefficient (Wildman–Crippen LogP) is 2.01. The molecule has 1 saturated carbocycles. The lowest BCUT2D eigenvalue weighted by molar-refractivity contribution is 0.0694. The second-order valence-electron chi connectivity index (χ2n) is 7.42. The normalized spacial score (nSPS) is 25.2. The minimum atomic E-state index is -1.51. The van der Waals surface area contributed by atoms with Crippen LogP contribution in [0.4, 0.5) is 24.5 Å². The van der Waals surface area contributed by atoms with Crippen molar-refractivity contribution in [2.45, 2.75) is 31.7 Å². The van der Waals surface area contributed by atoms with Crippen molar-refractivity contribution in [1.29, 1.82) is 0 Å². The van der Waals surface area contributed by atoms with E-state index in [4.69, 9.17) is 11.5 Å². The zero-order chi connectivity index (χ0) is 21.2. The van der Waals surface area contributed by atoms with E-state index < -0.39 is 46.9 Å². The molecule has 1 aromatic heterocycles. The number of carboxylic acid groups (broad SMARTS) is 1. The van der Waals surface area contributed by atoms with Crippen molar-refractivity contribution in [3.8, 4) is 0 Å². The molecule has 4 rings (SSSR count). The maximum atomic E-state index is 15.2. The van der Waals surface area contributed by atoms with E-state index in [0.29, 0.717) is 0 Å². The number of nitrogens with zero attached hydrogens (tertiary/aromatic N) is 2. The van der Waals surface area contributed by atoms with Gasteiger partial charge in [0.2, 0.25) is 5.43 Å². The molecule has 7 nitrogen and oxygen atoms in total. The van der Waals surface area contributed by atoms with Gasteiger partial charge in [-0.05, 0) is 18.7 Å². The van der Waals surface area contributed by atoms with Crippen LogP contribution < -0.4 is 21.8 Å². The van der Waals surface area contributed by atoms with Crippen LogP contribution in [0.25, 0.3) is 10.9 Å². The van der Waals surface area contributed by atoms with Gasteiger partial charge in [0.1, 0.15) is 17.9 Å². The Hall–Kier alpha value is -3.17. The van der Waals surface area contributed by atoms with Crippen molar-refractivity contribution in [2.75, 3.05) is 23.7 Å². The van der Waals surface area contributed by atoms with E-state index in [0.717, 1.165) is 12.4 Å². The zero-order valence-corrected chi connectivity index (χ0v) is 15.5. The van der Waals surface area contributed by atoms with Crippen molar-refractivity contribution in [3.05, 3.63) is 45.1 Å². The third-order valence-electron chi connectivity index (χ3n) is 5.61. The molecule has 5 N–H and O–H groups in total. The van der Waals surface area contributed by atoms with E-state index in [1.54, 1.807) is 0 Å². The number of benzene rings is 1. The molecule has 2 fully saturated rings. The Morgan fingerprint density at radius 1 is 1.38 bits per heavy atom. The summed E-state index contributed by atoms with van der Waals surface area (Å²) in [6.07, 6.45) is -0.260. The molecule has 2 aromatic rings. The molecule has 1 aromatic carbocycles. The SMILES string of the molecule is Cc1c(N2C/C(=C/N)C(F)C2)c(F)c(N)c2c(=O)c(C(=O)O)cn(C3CC3F)c12. The molecule has 2 heterocycles. The summed E-state index contributed by atoms with van der Waals surface area (Å²) in [4.78, 5) is 25.6. The number of carbonyl (C=O) groups is 1. The number of aromatic carboxylic acids is 1. The highest BCUT2D eigenvalue weighted by Gasteiger charge is 2.41. The van der Waals surface area contributed by atoms with E-state index in [1.165, 1.54) is 16.4 Å². The molecule has 1 aliphatic heterocycles. The maximum Gasteiger partial charge on any atom is 0.341 e. The largest absolute Gasteiger partial charge is 0.477 e. The van der Waals surface area contributed by atoms with E-state index in [2.05, 4.69) is 0 Å². The maximum absolute atomic E-state index is 15.2. The standard InChI is InChI=1S/C19H19F3N4O3/c1-7-16-13(18(27)9(19(28)29)5-26(16)12-2-10(12)20)15(24)14(22)17(7)25-4-8(3-23)11(21)6-25/h3,5,10-12H,2,4,6,23-24H2,1H3,(H,28,29)/b8-3-. The topological polar surface area (TPSA) is 115 Å². The van der Waals surface area contributed by atoms with Crippen LogP contribution in [0.15, 0.2) is 22.8 Å². The van der Waals surface area contributed by atoms with Crippen LogP contribution in [-0.4, -0.2) is 41.1 Å². The Morgan fingerprint density at radius 3 is 2.55 bits per heavy atom. The average molecular weight is 408 g/mol. The summed E-state index contributed by atoms with van der Waals surface area (Å²) in [6.45, 7) is 1.40. The number of rotatable bonds is 3. The minimum absolute atomic E-state index is 0.0122. The molecule has 0 radical (unpaired) electrons. The van der Waals surface area contributed by atoms with E-state index in [1.807, 2.05) is 0 Å². The van der Waals surface area contributed by atoms with Crippen LogP contribution in [0.5, 0.6) is 0 Å². The lowest BCUT2D eigenvalue weighted by atomic mass is 10.0. The van der Waals surface area contributed by atoms with Crippen molar-refractivity contribution >= 4 is 28.2 Å². The Kier molecular flexibility index (Phi) is 4.25. The van der Waals surface area contributed by atoms with E-state index >= 15 is 4.39 Å². The second-order valence-corrected chi connectivity index (χ2v) is 7.42. The fraction of sp³-hybridized carbons (Fsp3) is 0.368. The van der Waals surface area contributed by atoms with Crippen LogP contribution in [0.3, 0.4) is 0 Å². The summed E-state index contributed by atoms with van der Waals surface area (Å²) in [7, 11) is 0. The molecule has 0 amide bonds. The summed E-state index contributed by atoms with van der Waals surface area (Å²) in [5.74, 6) is -2.46. The molecule has 3 unspecified atom stereocenters. The van der Waals surface area contributed by atoms with Gasteiger partial charge in [0.15, 0.2) is 5.82 Å². The smallest absolute Gasteiger partial charge is 0.341 e. The second kappa shape index (κ2) is 6.43. The monoisotopic (exact) mass is 408 g/mol. The molecular weight excluding hydrogens is 389 g/mol. The molecule has 10 heteroatoms. The summed E-state index contributed by atoms with van der Waals surface area (Å²) >= 11 is 0. The molecule has 154 valence electrons. The van der Waals surface area contributed by atoms with Gasteiger partial charge in [-0.15, -0.1) is 0 Å². The Balaban J connectivity index is 2.06. The van der Waals surface area contributed by atoms with Crippen LogP contribution in [0, 0.1) is 12.7 Å². The molecule has 0 bridgehead atoms. The number of alkyl halides is 2. The Labute approximate surface area is 163 Å². The number of aryl methyl sites for hydroxylation is 1. The third-order valence-corrected chi connectivity index (χ3v) is 5.61. The molecule has 3 atom stereocenters. The number of pyridine rings is 1. The molecule has 0 spiro atoms. The summed E-state index contributed by atoms with van der Waals surface area (Å²) in [5, 5.41) is 9.04. The van der Waals surface area contributed by atoms with Crippen LogP contribution in [-0.2, 0) is 0 Å². The van der Waals surface area contributed by atoms with E-state index in [-0.39, 0.29) is 47.2 Å². The number of anilines is 2. The summed E-state index contributed by atoms with van der Waals surface area (Å²) in [6, 6.07) is -0.681. The van der Waals surface area contributed by atoms with Gasteiger partial charge in [0, 0.05) is 24.7 Å². The van der Waals surface area contributed by atoms with Crippen molar-refractivity contribution < 1.29 is 23.1 Å². The number of nitrogen functional groups attached to an aromatic ring is 1. The highest BCUT2D eigenvalue weighted by molar-refractivity contribution is 6.01. The molecule has 1 saturated heterocycles. The van der Waals surface area contributed by atoms with Gasteiger partial charge in [0.25, 0.3) is 0 Å². The Bertz CT molecular complexity index is 1140. The zero-order valence-electron chi connectivity index (χ0n) is 15.5. The number of hydrogen-bond acceptors (Lipinski definition) is 5. The highest BCUT2D eigenvalue weighted by atomic mass is 19.1. The van der Waals surface area contributed by atoms with Crippen LogP contribution in [0.2, 0.25) is 0 Å². The van der Waals surface area contributed by atoms with Crippen molar-refractivity contribution in [1.82, 2.24) is 4.57 Å². The quantitative estimate of drug-likeness (QED) is 0.670. The fourth-order valence-electron chi connectivity index (χ4n) is 4.03. The lowest BCUT2D eigenvalue weighted by Crippen LogP contribution is -2.26. The number of carboxylic acids is 1. The fourth-order valence-corrected chi connectivity index (χ4v) is 4.03.